The monoisotopic (exact) mass is 352 g/mol. The average Bonchev–Trinajstić information content (AvgIpc) is 2.68. The van der Waals surface area contributed by atoms with Crippen LogP contribution in [0.2, 0.25) is 0 Å². The number of hydrogen-bond acceptors (Lipinski definition) is 3. The van der Waals surface area contributed by atoms with E-state index in [1.807, 2.05) is 54.3 Å². The molecule has 0 radical (unpaired) electrons. The van der Waals surface area contributed by atoms with Crippen LogP contribution in [-0.2, 0) is 9.59 Å². The minimum Gasteiger partial charge on any atom is -0.508 e. The highest BCUT2D eigenvalue weighted by atomic mass is 16.3. The first-order valence-corrected chi connectivity index (χ1v) is 8.90. The Bertz CT molecular complexity index is 768. The maximum absolute atomic E-state index is 12.9. The van der Waals surface area contributed by atoms with E-state index in [2.05, 4.69) is 0 Å². The topological polar surface area (TPSA) is 60.9 Å². The lowest BCUT2D eigenvalue weighted by molar-refractivity contribution is -0.135. The van der Waals surface area contributed by atoms with Gasteiger partial charge in [-0.1, -0.05) is 48.0 Å². The summed E-state index contributed by atoms with van der Waals surface area (Å²) >= 11 is 0. The van der Waals surface area contributed by atoms with E-state index >= 15 is 0 Å². The third-order valence-electron chi connectivity index (χ3n) is 4.96. The highest BCUT2D eigenvalue weighted by Gasteiger charge is 2.26. The Hall–Kier alpha value is -2.82. The molecule has 0 aromatic heterocycles. The van der Waals surface area contributed by atoms with Crippen LogP contribution < -0.4 is 0 Å². The van der Waals surface area contributed by atoms with Gasteiger partial charge in [0, 0.05) is 44.1 Å². The van der Waals surface area contributed by atoms with E-state index in [9.17, 15) is 14.7 Å². The van der Waals surface area contributed by atoms with Crippen molar-refractivity contribution >= 4 is 12.3 Å². The van der Waals surface area contributed by atoms with Crippen LogP contribution in [-0.4, -0.2) is 53.4 Å². The highest BCUT2D eigenvalue weighted by molar-refractivity contribution is 5.78. The summed E-state index contributed by atoms with van der Waals surface area (Å²) < 4.78 is 0. The lowest BCUT2D eigenvalue weighted by atomic mass is 9.86. The van der Waals surface area contributed by atoms with Crippen molar-refractivity contribution in [2.75, 3.05) is 26.2 Å². The molecule has 0 saturated carbocycles. The maximum atomic E-state index is 12.9. The van der Waals surface area contributed by atoms with Gasteiger partial charge in [-0.2, -0.15) is 0 Å². The second-order valence-corrected chi connectivity index (χ2v) is 6.75. The number of aromatic hydroxyl groups is 1. The molecule has 1 aliphatic rings. The van der Waals surface area contributed by atoms with Crippen molar-refractivity contribution < 1.29 is 14.7 Å². The maximum Gasteiger partial charge on any atom is 0.223 e. The van der Waals surface area contributed by atoms with Crippen LogP contribution in [0.15, 0.2) is 48.5 Å². The van der Waals surface area contributed by atoms with Gasteiger partial charge in [-0.3, -0.25) is 9.59 Å². The standard InChI is InChI=1S/C21H24N2O3/c1-16-7-8-20(25)19(13-16)18(17-5-3-2-4-6-17)14-21(26)23-11-9-22(15-24)10-12-23/h2-8,13,15,18,25H,9-12,14H2,1H3/t18-/m0/s1. The van der Waals surface area contributed by atoms with E-state index in [0.29, 0.717) is 32.6 Å². The zero-order chi connectivity index (χ0) is 18.5. The summed E-state index contributed by atoms with van der Waals surface area (Å²) in [4.78, 5) is 27.2. The van der Waals surface area contributed by atoms with Gasteiger partial charge < -0.3 is 14.9 Å². The van der Waals surface area contributed by atoms with E-state index in [1.54, 1.807) is 11.0 Å². The smallest absolute Gasteiger partial charge is 0.223 e. The Kier molecular flexibility index (Phi) is 5.56. The number of phenols is 1. The second kappa shape index (κ2) is 8.04. The van der Waals surface area contributed by atoms with Gasteiger partial charge in [0.1, 0.15) is 5.75 Å². The normalized spacial score (nSPS) is 15.6. The van der Waals surface area contributed by atoms with Crippen molar-refractivity contribution in [1.29, 1.82) is 0 Å². The van der Waals surface area contributed by atoms with Crippen molar-refractivity contribution in [1.82, 2.24) is 9.80 Å². The summed E-state index contributed by atoms with van der Waals surface area (Å²) in [5.41, 5.74) is 2.83. The molecule has 1 atom stereocenters. The largest absolute Gasteiger partial charge is 0.508 e. The van der Waals surface area contributed by atoms with Gasteiger partial charge >= 0.3 is 0 Å². The minimum absolute atomic E-state index is 0.0466. The van der Waals surface area contributed by atoms with E-state index in [-0.39, 0.29) is 17.6 Å². The second-order valence-electron chi connectivity index (χ2n) is 6.75. The first-order chi connectivity index (χ1) is 12.6. The summed E-state index contributed by atoms with van der Waals surface area (Å²) in [6, 6.07) is 15.3. The van der Waals surface area contributed by atoms with Gasteiger partial charge in [0.15, 0.2) is 0 Å². The zero-order valence-corrected chi connectivity index (χ0v) is 15.0. The number of benzene rings is 2. The third kappa shape index (κ3) is 4.04. The van der Waals surface area contributed by atoms with Gasteiger partial charge in [-0.15, -0.1) is 0 Å². The summed E-state index contributed by atoms with van der Waals surface area (Å²) in [5.74, 6) is 0.0565. The zero-order valence-electron chi connectivity index (χ0n) is 15.0. The third-order valence-corrected chi connectivity index (χ3v) is 4.96. The quantitative estimate of drug-likeness (QED) is 0.841. The van der Waals surface area contributed by atoms with Crippen molar-refractivity contribution in [3.8, 4) is 5.75 Å². The van der Waals surface area contributed by atoms with E-state index in [0.717, 1.165) is 23.1 Å². The predicted octanol–water partition coefficient (Wildman–Crippen LogP) is 2.52. The highest BCUT2D eigenvalue weighted by Crippen LogP contribution is 2.35. The summed E-state index contributed by atoms with van der Waals surface area (Å²) in [6.07, 6.45) is 1.13. The number of carbonyl (C=O) groups excluding carboxylic acids is 2. The number of nitrogens with zero attached hydrogens (tertiary/aromatic N) is 2. The number of aryl methyl sites for hydroxylation is 1. The van der Waals surface area contributed by atoms with Crippen LogP contribution in [0, 0.1) is 6.92 Å². The van der Waals surface area contributed by atoms with Crippen LogP contribution in [0.3, 0.4) is 0 Å². The molecule has 136 valence electrons. The molecule has 3 rings (SSSR count). The fourth-order valence-electron chi connectivity index (χ4n) is 3.43. The number of amides is 2. The summed E-state index contributed by atoms with van der Waals surface area (Å²) in [7, 11) is 0. The molecular formula is C21H24N2O3. The van der Waals surface area contributed by atoms with Gasteiger partial charge in [-0.25, -0.2) is 0 Å². The Morgan fingerprint density at radius 1 is 1.12 bits per heavy atom. The van der Waals surface area contributed by atoms with Crippen molar-refractivity contribution in [3.63, 3.8) is 0 Å². The fraction of sp³-hybridized carbons (Fsp3) is 0.333. The molecule has 0 unspecified atom stereocenters. The van der Waals surface area contributed by atoms with E-state index in [4.69, 9.17) is 0 Å². The molecule has 5 heteroatoms. The molecule has 2 aromatic carbocycles. The molecule has 2 aromatic rings. The molecule has 26 heavy (non-hydrogen) atoms. The predicted molar refractivity (Wildman–Crippen MR) is 100.0 cm³/mol. The van der Waals surface area contributed by atoms with Crippen molar-refractivity contribution in [3.05, 3.63) is 65.2 Å². The van der Waals surface area contributed by atoms with E-state index in [1.165, 1.54) is 0 Å². The van der Waals surface area contributed by atoms with Crippen LogP contribution in [0.25, 0.3) is 0 Å². The Balaban J connectivity index is 1.84. The van der Waals surface area contributed by atoms with Gasteiger partial charge in [0.25, 0.3) is 0 Å². The molecule has 0 spiro atoms. The number of phenolic OH excluding ortho intramolecular Hbond substituents is 1. The van der Waals surface area contributed by atoms with Gasteiger partial charge in [0.05, 0.1) is 0 Å². The summed E-state index contributed by atoms with van der Waals surface area (Å²) in [6.45, 7) is 4.23. The van der Waals surface area contributed by atoms with Crippen LogP contribution in [0.1, 0.15) is 29.0 Å². The molecular weight excluding hydrogens is 328 g/mol. The molecule has 1 aliphatic heterocycles. The molecule has 1 N–H and O–H groups in total. The number of hydrogen-bond donors (Lipinski definition) is 1. The SMILES string of the molecule is Cc1ccc(O)c([C@@H](CC(=O)N2CCN(C=O)CC2)c2ccccc2)c1. The molecule has 1 fully saturated rings. The Morgan fingerprint density at radius 3 is 2.46 bits per heavy atom. The van der Waals surface area contributed by atoms with Gasteiger partial charge in [0.2, 0.25) is 12.3 Å². The van der Waals surface area contributed by atoms with Crippen LogP contribution in [0.5, 0.6) is 5.75 Å². The van der Waals surface area contributed by atoms with Crippen molar-refractivity contribution in [2.45, 2.75) is 19.3 Å². The average molecular weight is 352 g/mol. The lowest BCUT2D eigenvalue weighted by Crippen LogP contribution is -2.48. The Labute approximate surface area is 153 Å². The number of piperazine rings is 1. The van der Waals surface area contributed by atoms with Crippen molar-refractivity contribution in [2.24, 2.45) is 0 Å². The van der Waals surface area contributed by atoms with Gasteiger partial charge in [-0.05, 0) is 18.6 Å². The molecule has 1 saturated heterocycles. The fourth-order valence-corrected chi connectivity index (χ4v) is 3.43. The number of rotatable bonds is 5. The number of carbonyl (C=O) groups is 2. The lowest BCUT2D eigenvalue weighted by Gasteiger charge is -2.33. The molecule has 1 heterocycles. The van der Waals surface area contributed by atoms with E-state index < -0.39 is 0 Å². The first kappa shape index (κ1) is 18.0. The van der Waals surface area contributed by atoms with Crippen LogP contribution in [0.4, 0.5) is 0 Å². The molecule has 0 aliphatic carbocycles. The summed E-state index contributed by atoms with van der Waals surface area (Å²) in [5, 5.41) is 10.4. The minimum atomic E-state index is -0.201. The Morgan fingerprint density at radius 2 is 1.81 bits per heavy atom. The molecule has 0 bridgehead atoms. The first-order valence-electron chi connectivity index (χ1n) is 8.90. The molecule has 2 amide bonds. The molecule has 5 nitrogen and oxygen atoms in total. The van der Waals surface area contributed by atoms with Crippen LogP contribution >= 0.6 is 0 Å².